The molecule has 3 rings (SSSR count). The van der Waals surface area contributed by atoms with Crippen molar-refractivity contribution in [1.29, 1.82) is 0 Å². The summed E-state index contributed by atoms with van der Waals surface area (Å²) in [6.45, 7) is 0.781. The fourth-order valence-corrected chi connectivity index (χ4v) is 2.61. The van der Waals surface area contributed by atoms with E-state index < -0.39 is 0 Å². The van der Waals surface area contributed by atoms with Gasteiger partial charge in [0.05, 0.1) is 6.04 Å². The highest BCUT2D eigenvalue weighted by atomic mass is 16.5. The molecule has 1 fully saturated rings. The zero-order valence-corrected chi connectivity index (χ0v) is 12.9. The number of nitrogens with two attached hydrogens (primary N) is 1. The van der Waals surface area contributed by atoms with Crippen LogP contribution in [0.1, 0.15) is 12.8 Å². The second-order valence-electron chi connectivity index (χ2n) is 5.72. The summed E-state index contributed by atoms with van der Waals surface area (Å²) in [4.78, 5) is 12.2. The number of hydrogen-bond acceptors (Lipinski definition) is 4. The van der Waals surface area contributed by atoms with Gasteiger partial charge in [-0.1, -0.05) is 18.2 Å². The summed E-state index contributed by atoms with van der Waals surface area (Å²) in [7, 11) is 0. The van der Waals surface area contributed by atoms with Crippen molar-refractivity contribution in [3.05, 3.63) is 54.6 Å². The normalized spacial score (nSPS) is 20.7. The first kappa shape index (κ1) is 15.5. The number of nitrogens with one attached hydrogen (secondary N) is 2. The van der Waals surface area contributed by atoms with Gasteiger partial charge in [-0.15, -0.1) is 0 Å². The summed E-state index contributed by atoms with van der Waals surface area (Å²) in [5.41, 5.74) is 6.66. The van der Waals surface area contributed by atoms with Gasteiger partial charge < -0.3 is 21.1 Å². The van der Waals surface area contributed by atoms with E-state index in [4.69, 9.17) is 10.5 Å². The molecule has 0 radical (unpaired) electrons. The highest BCUT2D eigenvalue weighted by Gasteiger charge is 2.24. The molecule has 0 spiro atoms. The van der Waals surface area contributed by atoms with Crippen LogP contribution < -0.4 is 21.1 Å². The Morgan fingerprint density at radius 1 is 1.09 bits per heavy atom. The zero-order valence-electron chi connectivity index (χ0n) is 12.9. The van der Waals surface area contributed by atoms with Crippen LogP contribution in [-0.2, 0) is 4.79 Å². The van der Waals surface area contributed by atoms with Gasteiger partial charge in [-0.2, -0.15) is 0 Å². The predicted molar refractivity (Wildman–Crippen MR) is 90.6 cm³/mol. The SMILES string of the molecule is NC1CCNC(C(=O)Nc2ccc(Oc3ccccc3)cc2)C1. The second-order valence-corrected chi connectivity index (χ2v) is 5.72. The molecule has 0 bridgehead atoms. The quantitative estimate of drug-likeness (QED) is 0.811. The fourth-order valence-electron chi connectivity index (χ4n) is 2.61. The third kappa shape index (κ3) is 4.31. The molecule has 2 aromatic carbocycles. The van der Waals surface area contributed by atoms with E-state index in [1.165, 1.54) is 0 Å². The lowest BCUT2D eigenvalue weighted by Gasteiger charge is -2.27. The van der Waals surface area contributed by atoms with E-state index in [-0.39, 0.29) is 18.0 Å². The van der Waals surface area contributed by atoms with Gasteiger partial charge in [0.1, 0.15) is 11.5 Å². The number of carbonyl (C=O) groups excluding carboxylic acids is 1. The van der Waals surface area contributed by atoms with Gasteiger partial charge in [-0.3, -0.25) is 4.79 Å². The molecule has 5 nitrogen and oxygen atoms in total. The van der Waals surface area contributed by atoms with Gasteiger partial charge in [-0.05, 0) is 55.8 Å². The van der Waals surface area contributed by atoms with Crippen molar-refractivity contribution in [3.8, 4) is 11.5 Å². The number of rotatable bonds is 4. The largest absolute Gasteiger partial charge is 0.457 e. The van der Waals surface area contributed by atoms with Gasteiger partial charge >= 0.3 is 0 Å². The first-order valence-corrected chi connectivity index (χ1v) is 7.83. The number of benzene rings is 2. The lowest BCUT2D eigenvalue weighted by atomic mass is 10.00. The maximum atomic E-state index is 12.2. The van der Waals surface area contributed by atoms with Crippen molar-refractivity contribution in [1.82, 2.24) is 5.32 Å². The number of hydrogen-bond donors (Lipinski definition) is 3. The van der Waals surface area contributed by atoms with E-state index in [9.17, 15) is 4.79 Å². The first-order chi connectivity index (χ1) is 11.2. The monoisotopic (exact) mass is 311 g/mol. The molecule has 0 aromatic heterocycles. The number of para-hydroxylation sites is 1. The van der Waals surface area contributed by atoms with Crippen LogP contribution in [0.3, 0.4) is 0 Å². The summed E-state index contributed by atoms with van der Waals surface area (Å²) in [5.74, 6) is 1.47. The molecular weight excluding hydrogens is 290 g/mol. The van der Waals surface area contributed by atoms with E-state index in [1.54, 1.807) is 0 Å². The Labute approximate surface area is 135 Å². The number of carbonyl (C=O) groups is 1. The lowest BCUT2D eigenvalue weighted by molar-refractivity contribution is -0.118. The van der Waals surface area contributed by atoms with Crippen LogP contribution in [-0.4, -0.2) is 24.5 Å². The summed E-state index contributed by atoms with van der Waals surface area (Å²) in [5, 5.41) is 6.11. The topological polar surface area (TPSA) is 76.4 Å². The van der Waals surface area contributed by atoms with Crippen LogP contribution in [0.2, 0.25) is 0 Å². The van der Waals surface area contributed by atoms with Crippen LogP contribution in [0.4, 0.5) is 5.69 Å². The van der Waals surface area contributed by atoms with Gasteiger partial charge in [0.25, 0.3) is 0 Å². The van der Waals surface area contributed by atoms with Gasteiger partial charge in [0.2, 0.25) is 5.91 Å². The van der Waals surface area contributed by atoms with Gasteiger partial charge in [-0.25, -0.2) is 0 Å². The molecule has 0 saturated carbocycles. The van der Waals surface area contributed by atoms with Crippen LogP contribution in [0.5, 0.6) is 11.5 Å². The van der Waals surface area contributed by atoms with E-state index in [1.807, 2.05) is 54.6 Å². The number of anilines is 1. The van der Waals surface area contributed by atoms with Crippen LogP contribution >= 0.6 is 0 Å². The van der Waals surface area contributed by atoms with Crippen molar-refractivity contribution in [2.75, 3.05) is 11.9 Å². The summed E-state index contributed by atoms with van der Waals surface area (Å²) < 4.78 is 5.73. The van der Waals surface area contributed by atoms with Crippen molar-refractivity contribution in [3.63, 3.8) is 0 Å². The van der Waals surface area contributed by atoms with E-state index in [2.05, 4.69) is 10.6 Å². The molecule has 1 saturated heterocycles. The molecule has 2 unspecified atom stereocenters. The van der Waals surface area contributed by atoms with Gasteiger partial charge in [0.15, 0.2) is 0 Å². The Bertz CT molecular complexity index is 643. The Kier molecular flexibility index (Phi) is 4.90. The minimum Gasteiger partial charge on any atom is -0.457 e. The van der Waals surface area contributed by atoms with E-state index >= 15 is 0 Å². The molecule has 2 atom stereocenters. The Balaban J connectivity index is 1.58. The Hall–Kier alpha value is -2.37. The maximum absolute atomic E-state index is 12.2. The van der Waals surface area contributed by atoms with Crippen LogP contribution in [0.25, 0.3) is 0 Å². The molecule has 1 aliphatic rings. The minimum absolute atomic E-state index is 0.0446. The molecule has 120 valence electrons. The van der Waals surface area contributed by atoms with Crippen molar-refractivity contribution >= 4 is 11.6 Å². The standard InChI is InChI=1S/C18H21N3O2/c19-13-10-11-20-17(12-13)18(22)21-14-6-8-16(9-7-14)23-15-4-2-1-3-5-15/h1-9,13,17,20H,10-12,19H2,(H,21,22). The summed E-state index contributed by atoms with van der Waals surface area (Å²) >= 11 is 0. The smallest absolute Gasteiger partial charge is 0.241 e. The van der Waals surface area contributed by atoms with Crippen LogP contribution in [0.15, 0.2) is 54.6 Å². The van der Waals surface area contributed by atoms with Crippen molar-refractivity contribution < 1.29 is 9.53 Å². The molecule has 2 aromatic rings. The number of amides is 1. The minimum atomic E-state index is -0.223. The van der Waals surface area contributed by atoms with E-state index in [0.29, 0.717) is 6.42 Å². The van der Waals surface area contributed by atoms with Gasteiger partial charge in [0, 0.05) is 11.7 Å². The van der Waals surface area contributed by atoms with Crippen molar-refractivity contribution in [2.24, 2.45) is 5.73 Å². The average molecular weight is 311 g/mol. The van der Waals surface area contributed by atoms with E-state index in [0.717, 1.165) is 30.2 Å². The maximum Gasteiger partial charge on any atom is 0.241 e. The first-order valence-electron chi connectivity index (χ1n) is 7.83. The highest BCUT2D eigenvalue weighted by Crippen LogP contribution is 2.22. The molecular formula is C18H21N3O2. The van der Waals surface area contributed by atoms with Crippen molar-refractivity contribution in [2.45, 2.75) is 24.9 Å². The second kappa shape index (κ2) is 7.26. The highest BCUT2D eigenvalue weighted by molar-refractivity contribution is 5.95. The predicted octanol–water partition coefficient (Wildman–Crippen LogP) is 2.50. The third-order valence-electron chi connectivity index (χ3n) is 3.86. The third-order valence-corrected chi connectivity index (χ3v) is 3.86. The molecule has 1 amide bonds. The average Bonchev–Trinajstić information content (AvgIpc) is 2.57. The lowest BCUT2D eigenvalue weighted by Crippen LogP contribution is -2.49. The summed E-state index contributed by atoms with van der Waals surface area (Å²) in [6.07, 6.45) is 1.58. The molecule has 23 heavy (non-hydrogen) atoms. The number of piperidine rings is 1. The number of ether oxygens (including phenoxy) is 1. The molecule has 0 aliphatic carbocycles. The molecule has 1 heterocycles. The molecule has 1 aliphatic heterocycles. The summed E-state index contributed by atoms with van der Waals surface area (Å²) in [6, 6.07) is 16.8. The fraction of sp³-hybridized carbons (Fsp3) is 0.278. The zero-order chi connectivity index (χ0) is 16.1. The Morgan fingerprint density at radius 3 is 2.48 bits per heavy atom. The molecule has 5 heteroatoms. The molecule has 4 N–H and O–H groups in total. The Morgan fingerprint density at radius 2 is 1.78 bits per heavy atom. The van der Waals surface area contributed by atoms with Crippen LogP contribution in [0, 0.1) is 0 Å².